The standard InChI is InChI=1S/C13H18Cl2O/c1-13(2,3)10(8-16)6-9-4-5-11(14)12(15)7-9/h4-5,7,10,16H,6,8H2,1-3H3. The van der Waals surface area contributed by atoms with E-state index in [0.717, 1.165) is 12.0 Å². The highest BCUT2D eigenvalue weighted by Crippen LogP contribution is 2.30. The Morgan fingerprint density at radius 3 is 2.25 bits per heavy atom. The van der Waals surface area contributed by atoms with Crippen molar-refractivity contribution in [3.05, 3.63) is 33.8 Å². The minimum absolute atomic E-state index is 0.0842. The summed E-state index contributed by atoms with van der Waals surface area (Å²) in [7, 11) is 0. The Hall–Kier alpha value is -0.240. The summed E-state index contributed by atoms with van der Waals surface area (Å²) in [6, 6.07) is 5.64. The average molecular weight is 261 g/mol. The molecule has 16 heavy (non-hydrogen) atoms. The lowest BCUT2D eigenvalue weighted by molar-refractivity contribution is 0.131. The van der Waals surface area contributed by atoms with Gasteiger partial charge >= 0.3 is 0 Å². The van der Waals surface area contributed by atoms with Crippen molar-refractivity contribution in [3.8, 4) is 0 Å². The second-order valence-electron chi connectivity index (χ2n) is 5.20. The lowest BCUT2D eigenvalue weighted by Crippen LogP contribution is -2.25. The average Bonchev–Trinajstić information content (AvgIpc) is 2.18. The molecule has 1 N–H and O–H groups in total. The van der Waals surface area contributed by atoms with Crippen molar-refractivity contribution in [2.24, 2.45) is 11.3 Å². The molecule has 0 saturated carbocycles. The Balaban J connectivity index is 2.83. The van der Waals surface area contributed by atoms with E-state index in [1.165, 1.54) is 0 Å². The molecular formula is C13H18Cl2O. The first-order valence-electron chi connectivity index (χ1n) is 5.39. The highest BCUT2D eigenvalue weighted by atomic mass is 35.5. The molecule has 0 spiro atoms. The molecule has 0 aromatic heterocycles. The Morgan fingerprint density at radius 1 is 1.19 bits per heavy atom. The van der Waals surface area contributed by atoms with Crippen molar-refractivity contribution in [2.45, 2.75) is 27.2 Å². The Labute approximate surface area is 107 Å². The highest BCUT2D eigenvalue weighted by Gasteiger charge is 2.24. The molecular weight excluding hydrogens is 243 g/mol. The molecule has 1 aromatic rings. The molecule has 1 aromatic carbocycles. The molecule has 0 aliphatic carbocycles. The summed E-state index contributed by atoms with van der Waals surface area (Å²) >= 11 is 11.8. The minimum Gasteiger partial charge on any atom is -0.396 e. The third-order valence-electron chi connectivity index (χ3n) is 2.91. The third-order valence-corrected chi connectivity index (χ3v) is 3.65. The Bertz CT molecular complexity index is 355. The highest BCUT2D eigenvalue weighted by molar-refractivity contribution is 6.42. The summed E-state index contributed by atoms with van der Waals surface area (Å²) in [5.41, 5.74) is 1.20. The van der Waals surface area contributed by atoms with Gasteiger partial charge < -0.3 is 5.11 Å². The molecule has 0 saturated heterocycles. The van der Waals surface area contributed by atoms with E-state index in [2.05, 4.69) is 20.8 Å². The molecule has 0 aliphatic heterocycles. The molecule has 0 fully saturated rings. The van der Waals surface area contributed by atoms with E-state index in [1.807, 2.05) is 12.1 Å². The second kappa shape index (κ2) is 5.39. The molecule has 90 valence electrons. The van der Waals surface area contributed by atoms with E-state index in [-0.39, 0.29) is 17.9 Å². The molecule has 0 radical (unpaired) electrons. The van der Waals surface area contributed by atoms with Gasteiger partial charge in [-0.25, -0.2) is 0 Å². The van der Waals surface area contributed by atoms with Crippen LogP contribution in [0.4, 0.5) is 0 Å². The van der Waals surface area contributed by atoms with Crippen LogP contribution in [-0.4, -0.2) is 11.7 Å². The van der Waals surface area contributed by atoms with Crippen LogP contribution in [0, 0.1) is 11.3 Å². The van der Waals surface area contributed by atoms with Crippen LogP contribution in [0.15, 0.2) is 18.2 Å². The summed E-state index contributed by atoms with van der Waals surface area (Å²) in [6.07, 6.45) is 0.816. The van der Waals surface area contributed by atoms with Crippen LogP contribution in [0.3, 0.4) is 0 Å². The zero-order chi connectivity index (χ0) is 12.3. The summed E-state index contributed by atoms with van der Waals surface area (Å²) in [5, 5.41) is 10.5. The fraction of sp³-hybridized carbons (Fsp3) is 0.538. The van der Waals surface area contributed by atoms with Gasteiger partial charge in [0.05, 0.1) is 10.0 Å². The van der Waals surface area contributed by atoms with Crippen LogP contribution >= 0.6 is 23.2 Å². The predicted molar refractivity (Wildman–Crippen MR) is 70.2 cm³/mol. The Morgan fingerprint density at radius 2 is 1.81 bits per heavy atom. The molecule has 1 unspecified atom stereocenters. The first-order chi connectivity index (χ1) is 7.34. The van der Waals surface area contributed by atoms with Gasteiger partial charge in [0.1, 0.15) is 0 Å². The van der Waals surface area contributed by atoms with Gasteiger partial charge in [0.2, 0.25) is 0 Å². The van der Waals surface area contributed by atoms with Crippen LogP contribution in [0.5, 0.6) is 0 Å². The lowest BCUT2D eigenvalue weighted by Gasteiger charge is -2.29. The largest absolute Gasteiger partial charge is 0.396 e. The van der Waals surface area contributed by atoms with Crippen molar-refractivity contribution >= 4 is 23.2 Å². The summed E-state index contributed by atoms with van der Waals surface area (Å²) < 4.78 is 0. The number of benzene rings is 1. The molecule has 1 nitrogen and oxygen atoms in total. The molecule has 0 heterocycles. The van der Waals surface area contributed by atoms with E-state index >= 15 is 0 Å². The maximum Gasteiger partial charge on any atom is 0.0595 e. The number of aliphatic hydroxyl groups excluding tert-OH is 1. The van der Waals surface area contributed by atoms with Gasteiger partial charge in [-0.3, -0.25) is 0 Å². The zero-order valence-corrected chi connectivity index (χ0v) is 11.4. The van der Waals surface area contributed by atoms with Crippen molar-refractivity contribution < 1.29 is 5.11 Å². The first-order valence-corrected chi connectivity index (χ1v) is 6.15. The maximum absolute atomic E-state index is 9.39. The summed E-state index contributed by atoms with van der Waals surface area (Å²) in [4.78, 5) is 0. The van der Waals surface area contributed by atoms with Crippen molar-refractivity contribution in [1.29, 1.82) is 0 Å². The predicted octanol–water partition coefficient (Wildman–Crippen LogP) is 4.19. The van der Waals surface area contributed by atoms with Crippen LogP contribution in [0.25, 0.3) is 0 Å². The summed E-state index contributed by atoms with van der Waals surface area (Å²) in [5.74, 6) is 0.227. The fourth-order valence-electron chi connectivity index (χ4n) is 1.60. The van der Waals surface area contributed by atoms with E-state index in [1.54, 1.807) is 6.07 Å². The van der Waals surface area contributed by atoms with Crippen LogP contribution in [0.2, 0.25) is 10.0 Å². The monoisotopic (exact) mass is 260 g/mol. The van der Waals surface area contributed by atoms with Crippen LogP contribution in [0.1, 0.15) is 26.3 Å². The van der Waals surface area contributed by atoms with Crippen molar-refractivity contribution in [2.75, 3.05) is 6.61 Å². The topological polar surface area (TPSA) is 20.2 Å². The van der Waals surface area contributed by atoms with Gasteiger partial charge in [-0.05, 0) is 35.4 Å². The molecule has 0 amide bonds. The SMILES string of the molecule is CC(C)(C)C(CO)Cc1ccc(Cl)c(Cl)c1. The van der Waals surface area contributed by atoms with Crippen LogP contribution in [-0.2, 0) is 6.42 Å². The first kappa shape index (κ1) is 13.8. The molecule has 0 aliphatic rings. The second-order valence-corrected chi connectivity index (χ2v) is 6.01. The molecule has 1 rings (SSSR count). The smallest absolute Gasteiger partial charge is 0.0595 e. The van der Waals surface area contributed by atoms with Gasteiger partial charge in [0.25, 0.3) is 0 Å². The lowest BCUT2D eigenvalue weighted by atomic mass is 9.78. The summed E-state index contributed by atoms with van der Waals surface area (Å²) in [6.45, 7) is 6.58. The Kier molecular flexibility index (Phi) is 4.66. The fourth-order valence-corrected chi connectivity index (χ4v) is 1.92. The number of halogens is 2. The number of hydrogen-bond donors (Lipinski definition) is 1. The van der Waals surface area contributed by atoms with Gasteiger partial charge in [-0.2, -0.15) is 0 Å². The van der Waals surface area contributed by atoms with Crippen molar-refractivity contribution in [1.82, 2.24) is 0 Å². The van der Waals surface area contributed by atoms with Gasteiger partial charge in [-0.1, -0.05) is 50.0 Å². The van der Waals surface area contributed by atoms with E-state index in [4.69, 9.17) is 23.2 Å². The number of hydrogen-bond acceptors (Lipinski definition) is 1. The number of aliphatic hydroxyl groups is 1. The van der Waals surface area contributed by atoms with Crippen LogP contribution < -0.4 is 0 Å². The van der Waals surface area contributed by atoms with E-state index in [9.17, 15) is 5.11 Å². The molecule has 1 atom stereocenters. The van der Waals surface area contributed by atoms with E-state index in [0.29, 0.717) is 10.0 Å². The minimum atomic E-state index is 0.0842. The van der Waals surface area contributed by atoms with Gasteiger partial charge in [-0.15, -0.1) is 0 Å². The normalized spacial score (nSPS) is 13.9. The number of rotatable bonds is 3. The molecule has 0 bridgehead atoms. The van der Waals surface area contributed by atoms with E-state index < -0.39 is 0 Å². The van der Waals surface area contributed by atoms with Gasteiger partial charge in [0, 0.05) is 6.61 Å². The molecule has 3 heteroatoms. The third kappa shape index (κ3) is 3.65. The quantitative estimate of drug-likeness (QED) is 0.864. The zero-order valence-electron chi connectivity index (χ0n) is 9.93. The van der Waals surface area contributed by atoms with Crippen molar-refractivity contribution in [3.63, 3.8) is 0 Å². The maximum atomic E-state index is 9.39. The van der Waals surface area contributed by atoms with Gasteiger partial charge in [0.15, 0.2) is 0 Å².